The van der Waals surface area contributed by atoms with Gasteiger partial charge in [0.1, 0.15) is 5.54 Å². The van der Waals surface area contributed by atoms with E-state index in [0.717, 1.165) is 18.4 Å². The van der Waals surface area contributed by atoms with E-state index >= 15 is 0 Å². The number of ether oxygens (including phenoxy) is 1. The van der Waals surface area contributed by atoms with Crippen molar-refractivity contribution >= 4 is 12.0 Å². The molecule has 0 radical (unpaired) electrons. The van der Waals surface area contributed by atoms with Gasteiger partial charge < -0.3 is 20.5 Å². The van der Waals surface area contributed by atoms with Crippen LogP contribution in [0.3, 0.4) is 0 Å². The molecule has 0 aliphatic heterocycles. The van der Waals surface area contributed by atoms with Gasteiger partial charge in [0.2, 0.25) is 5.88 Å². The summed E-state index contributed by atoms with van der Waals surface area (Å²) in [4.78, 5) is 27.2. The van der Waals surface area contributed by atoms with Crippen LogP contribution in [0.15, 0.2) is 18.3 Å². The summed E-state index contributed by atoms with van der Waals surface area (Å²) in [6.45, 7) is 1.81. The van der Waals surface area contributed by atoms with Crippen LogP contribution in [0.4, 0.5) is 4.79 Å². The van der Waals surface area contributed by atoms with Crippen molar-refractivity contribution in [3.05, 3.63) is 23.9 Å². The number of urea groups is 1. The molecule has 1 aliphatic carbocycles. The van der Waals surface area contributed by atoms with Crippen LogP contribution in [-0.2, 0) is 11.3 Å². The molecule has 2 rings (SSSR count). The Morgan fingerprint density at radius 3 is 2.81 bits per heavy atom. The van der Waals surface area contributed by atoms with E-state index in [4.69, 9.17) is 4.74 Å². The molecule has 114 valence electrons. The van der Waals surface area contributed by atoms with E-state index in [9.17, 15) is 14.7 Å². The van der Waals surface area contributed by atoms with Crippen LogP contribution in [0.5, 0.6) is 5.88 Å². The molecule has 2 amide bonds. The van der Waals surface area contributed by atoms with Crippen LogP contribution in [0.2, 0.25) is 0 Å². The highest BCUT2D eigenvalue weighted by Crippen LogP contribution is 2.39. The molecular formula is C14H19N3O4. The largest absolute Gasteiger partial charge is 0.481 e. The van der Waals surface area contributed by atoms with Crippen LogP contribution < -0.4 is 15.4 Å². The lowest BCUT2D eigenvalue weighted by molar-refractivity contribution is -0.144. The molecule has 1 atom stereocenters. The SMILES string of the molecule is COc1cc(CNC(=O)NC(C)(C(=O)O)C2CC2)ccn1. The van der Waals surface area contributed by atoms with E-state index in [2.05, 4.69) is 15.6 Å². The third-order valence-electron chi connectivity index (χ3n) is 3.67. The van der Waals surface area contributed by atoms with E-state index in [0.29, 0.717) is 5.88 Å². The van der Waals surface area contributed by atoms with Crippen LogP contribution in [0.1, 0.15) is 25.3 Å². The average molecular weight is 293 g/mol. The van der Waals surface area contributed by atoms with Crippen LogP contribution in [0.25, 0.3) is 0 Å². The van der Waals surface area contributed by atoms with Gasteiger partial charge in [-0.1, -0.05) is 0 Å². The Bertz CT molecular complexity index is 545. The Hall–Kier alpha value is -2.31. The summed E-state index contributed by atoms with van der Waals surface area (Å²) >= 11 is 0. The first-order valence-electron chi connectivity index (χ1n) is 6.74. The maximum absolute atomic E-state index is 11.9. The lowest BCUT2D eigenvalue weighted by Crippen LogP contribution is -2.56. The number of hydrogen-bond donors (Lipinski definition) is 3. The molecule has 1 aromatic heterocycles. The fraction of sp³-hybridized carbons (Fsp3) is 0.500. The van der Waals surface area contributed by atoms with Gasteiger partial charge >= 0.3 is 12.0 Å². The second-order valence-electron chi connectivity index (χ2n) is 5.30. The second-order valence-corrected chi connectivity index (χ2v) is 5.30. The maximum atomic E-state index is 11.9. The number of methoxy groups -OCH3 is 1. The number of aliphatic carboxylic acids is 1. The molecule has 7 nitrogen and oxygen atoms in total. The molecule has 21 heavy (non-hydrogen) atoms. The van der Waals surface area contributed by atoms with Crippen molar-refractivity contribution < 1.29 is 19.4 Å². The summed E-state index contributed by atoms with van der Waals surface area (Å²) in [5.41, 5.74) is -0.388. The predicted molar refractivity (Wildman–Crippen MR) is 74.9 cm³/mol. The number of hydrogen-bond acceptors (Lipinski definition) is 4. The van der Waals surface area contributed by atoms with Gasteiger partial charge in [-0.15, -0.1) is 0 Å². The molecule has 1 aromatic rings. The highest BCUT2D eigenvalue weighted by Gasteiger charge is 2.48. The lowest BCUT2D eigenvalue weighted by atomic mass is 9.96. The lowest BCUT2D eigenvalue weighted by Gasteiger charge is -2.26. The fourth-order valence-corrected chi connectivity index (χ4v) is 2.13. The summed E-state index contributed by atoms with van der Waals surface area (Å²) in [5.74, 6) is -0.546. The van der Waals surface area contributed by atoms with Gasteiger partial charge in [0, 0.05) is 18.8 Å². The third-order valence-corrected chi connectivity index (χ3v) is 3.67. The second kappa shape index (κ2) is 5.99. The number of carbonyl (C=O) groups excluding carboxylic acids is 1. The van der Waals surface area contributed by atoms with Crippen molar-refractivity contribution in [1.29, 1.82) is 0 Å². The summed E-state index contributed by atoms with van der Waals surface area (Å²) in [6, 6.07) is 2.96. The molecule has 1 aliphatic rings. The number of nitrogens with zero attached hydrogens (tertiary/aromatic N) is 1. The Labute approximate surface area is 122 Å². The Balaban J connectivity index is 1.90. The molecule has 7 heteroatoms. The van der Waals surface area contributed by atoms with Crippen molar-refractivity contribution in [1.82, 2.24) is 15.6 Å². The van der Waals surface area contributed by atoms with Gasteiger partial charge in [-0.25, -0.2) is 14.6 Å². The normalized spacial score (nSPS) is 16.7. The first kappa shape index (κ1) is 15.1. The van der Waals surface area contributed by atoms with Crippen molar-refractivity contribution in [3.63, 3.8) is 0 Å². The molecule has 3 N–H and O–H groups in total. The molecule has 1 fully saturated rings. The molecule has 1 heterocycles. The van der Waals surface area contributed by atoms with Crippen LogP contribution in [-0.4, -0.2) is 34.7 Å². The van der Waals surface area contributed by atoms with Gasteiger partial charge in [-0.2, -0.15) is 0 Å². The van der Waals surface area contributed by atoms with E-state index in [1.807, 2.05) is 0 Å². The van der Waals surface area contributed by atoms with Gasteiger partial charge in [0.05, 0.1) is 7.11 Å². The minimum atomic E-state index is -1.21. The summed E-state index contributed by atoms with van der Waals surface area (Å²) in [7, 11) is 1.51. The van der Waals surface area contributed by atoms with Gasteiger partial charge in [-0.3, -0.25) is 0 Å². The number of carbonyl (C=O) groups is 2. The highest BCUT2D eigenvalue weighted by molar-refractivity contribution is 5.86. The van der Waals surface area contributed by atoms with Crippen molar-refractivity contribution in [2.24, 2.45) is 5.92 Å². The third kappa shape index (κ3) is 3.62. The molecular weight excluding hydrogens is 274 g/mol. The quantitative estimate of drug-likeness (QED) is 0.730. The molecule has 0 saturated heterocycles. The molecule has 0 aromatic carbocycles. The zero-order valence-electron chi connectivity index (χ0n) is 12.0. The number of carboxylic acids is 1. The van der Waals surface area contributed by atoms with E-state index in [-0.39, 0.29) is 12.5 Å². The standard InChI is InChI=1S/C14H19N3O4/c1-14(12(18)19,10-3-4-10)17-13(20)16-8-9-5-6-15-11(7-9)21-2/h5-7,10H,3-4,8H2,1-2H3,(H,18,19)(H2,16,17,20). The fourth-order valence-electron chi connectivity index (χ4n) is 2.13. The maximum Gasteiger partial charge on any atom is 0.329 e. The number of pyridine rings is 1. The van der Waals surface area contributed by atoms with Gasteiger partial charge in [0.25, 0.3) is 0 Å². The predicted octanol–water partition coefficient (Wildman–Crippen LogP) is 1.14. The van der Waals surface area contributed by atoms with Crippen LogP contribution in [0, 0.1) is 5.92 Å². The summed E-state index contributed by atoms with van der Waals surface area (Å²) in [6.07, 6.45) is 3.23. The van der Waals surface area contributed by atoms with E-state index < -0.39 is 17.5 Å². The zero-order valence-corrected chi connectivity index (χ0v) is 12.0. The number of carboxylic acid groups (broad SMARTS) is 1. The Kier molecular flexibility index (Phi) is 4.30. The Morgan fingerprint density at radius 2 is 2.24 bits per heavy atom. The monoisotopic (exact) mass is 293 g/mol. The molecule has 0 bridgehead atoms. The minimum absolute atomic E-state index is 0.00164. The smallest absolute Gasteiger partial charge is 0.329 e. The van der Waals surface area contributed by atoms with E-state index in [1.54, 1.807) is 25.3 Å². The molecule has 1 unspecified atom stereocenters. The zero-order chi connectivity index (χ0) is 15.5. The first-order valence-corrected chi connectivity index (χ1v) is 6.74. The average Bonchev–Trinajstić information content (AvgIpc) is 3.30. The number of amides is 2. The van der Waals surface area contributed by atoms with Gasteiger partial charge in [0.15, 0.2) is 0 Å². The van der Waals surface area contributed by atoms with Crippen molar-refractivity contribution in [2.45, 2.75) is 31.8 Å². The molecule has 0 spiro atoms. The van der Waals surface area contributed by atoms with Gasteiger partial charge in [-0.05, 0) is 37.3 Å². The summed E-state index contributed by atoms with van der Waals surface area (Å²) < 4.78 is 5.00. The summed E-state index contributed by atoms with van der Waals surface area (Å²) in [5, 5.41) is 14.5. The topological polar surface area (TPSA) is 101 Å². The van der Waals surface area contributed by atoms with Crippen LogP contribution >= 0.6 is 0 Å². The van der Waals surface area contributed by atoms with Crippen molar-refractivity contribution in [2.75, 3.05) is 7.11 Å². The van der Waals surface area contributed by atoms with Crippen molar-refractivity contribution in [3.8, 4) is 5.88 Å². The first-order chi connectivity index (χ1) is 9.95. The highest BCUT2D eigenvalue weighted by atomic mass is 16.5. The number of aromatic nitrogens is 1. The Morgan fingerprint density at radius 1 is 1.52 bits per heavy atom. The molecule has 1 saturated carbocycles. The van der Waals surface area contributed by atoms with E-state index in [1.165, 1.54) is 7.11 Å². The minimum Gasteiger partial charge on any atom is -0.481 e. The number of rotatable bonds is 6. The number of nitrogens with one attached hydrogen (secondary N) is 2.